The van der Waals surface area contributed by atoms with Crippen molar-refractivity contribution < 1.29 is 78.7 Å². The number of likely N-dealkylation sites (tertiary alicyclic amines) is 2. The number of nitrogens with zero attached hydrogens (tertiary/aromatic N) is 4. The molecule has 2 aliphatic heterocycles. The molecule has 0 spiro atoms. The van der Waals surface area contributed by atoms with E-state index in [0.29, 0.717) is 11.6 Å². The Morgan fingerprint density at radius 2 is 1.30 bits per heavy atom. The molecular formula is C26H27F9N4O8. The summed E-state index contributed by atoms with van der Waals surface area (Å²) < 4.78 is 101. The Morgan fingerprint density at radius 1 is 0.809 bits per heavy atom. The van der Waals surface area contributed by atoms with Crippen molar-refractivity contribution in [1.82, 2.24) is 19.8 Å². The van der Waals surface area contributed by atoms with E-state index >= 15 is 0 Å². The number of methoxy groups -OCH3 is 1. The number of ether oxygens (including phenoxy) is 1. The number of hydrogen-bond donors (Lipinski definition) is 3. The molecule has 4 heterocycles. The van der Waals surface area contributed by atoms with E-state index in [1.165, 1.54) is 5.56 Å². The molecule has 47 heavy (non-hydrogen) atoms. The lowest BCUT2D eigenvalue weighted by atomic mass is 9.88. The zero-order valence-electron chi connectivity index (χ0n) is 24.0. The van der Waals surface area contributed by atoms with Gasteiger partial charge in [-0.1, -0.05) is 6.07 Å². The molecule has 0 aliphatic carbocycles. The number of pyridine rings is 2. The van der Waals surface area contributed by atoms with Crippen LogP contribution in [0.4, 0.5) is 39.5 Å². The Hall–Kier alpha value is -4.53. The largest absolute Gasteiger partial charge is 0.490 e. The number of aliphatic carboxylic acids is 3. The lowest BCUT2D eigenvalue weighted by Gasteiger charge is -2.40. The molecule has 3 N–H and O–H groups in total. The molecule has 0 bridgehead atoms. The van der Waals surface area contributed by atoms with Gasteiger partial charge >= 0.3 is 36.4 Å². The van der Waals surface area contributed by atoms with Crippen LogP contribution < -0.4 is 0 Å². The SMILES string of the molecule is CO[C@@H]1CCN(C(=O)c2ccccn2)[C@@H]2CN(Cc3ccncc3)C[C@@H]21.O=C(O)C(F)(F)F.O=C(O)C(F)(F)F.O=C(O)C(F)(F)F. The number of piperidine rings is 1. The van der Waals surface area contributed by atoms with E-state index in [-0.39, 0.29) is 18.1 Å². The van der Waals surface area contributed by atoms with E-state index in [9.17, 15) is 44.3 Å². The molecule has 0 aromatic carbocycles. The third kappa shape index (κ3) is 13.8. The summed E-state index contributed by atoms with van der Waals surface area (Å²) in [7, 11) is 1.78. The summed E-state index contributed by atoms with van der Waals surface area (Å²) in [5.41, 5.74) is 1.77. The molecule has 12 nitrogen and oxygen atoms in total. The maximum absolute atomic E-state index is 13.0. The number of carboxylic acids is 3. The Labute approximate surface area is 259 Å². The van der Waals surface area contributed by atoms with Gasteiger partial charge in [0.25, 0.3) is 5.91 Å². The summed E-state index contributed by atoms with van der Waals surface area (Å²) in [4.78, 5) is 52.5. The van der Waals surface area contributed by atoms with Gasteiger partial charge in [-0.2, -0.15) is 39.5 Å². The number of hydrogen-bond acceptors (Lipinski definition) is 8. The van der Waals surface area contributed by atoms with Gasteiger partial charge in [-0.3, -0.25) is 19.7 Å². The van der Waals surface area contributed by atoms with Crippen molar-refractivity contribution in [2.45, 2.75) is 43.6 Å². The molecule has 2 aromatic heterocycles. The topological polar surface area (TPSA) is 170 Å². The van der Waals surface area contributed by atoms with Crippen LogP contribution >= 0.6 is 0 Å². The normalized spacial score (nSPS) is 19.4. The van der Waals surface area contributed by atoms with Crippen molar-refractivity contribution in [3.63, 3.8) is 0 Å². The lowest BCUT2D eigenvalue weighted by Crippen LogP contribution is -2.53. The second kappa shape index (κ2) is 17.4. The molecule has 4 rings (SSSR count). The molecule has 0 saturated carbocycles. The van der Waals surface area contributed by atoms with Crippen LogP contribution in [0.15, 0.2) is 48.9 Å². The third-order valence-corrected chi connectivity index (χ3v) is 6.27. The van der Waals surface area contributed by atoms with Gasteiger partial charge < -0.3 is 25.0 Å². The summed E-state index contributed by atoms with van der Waals surface area (Å²) in [5, 5.41) is 21.4. The molecule has 262 valence electrons. The minimum Gasteiger partial charge on any atom is -0.475 e. The Morgan fingerprint density at radius 3 is 1.70 bits per heavy atom. The molecule has 2 aromatic rings. The minimum atomic E-state index is -5.08. The Balaban J connectivity index is 0.000000430. The number of carboxylic acid groups (broad SMARTS) is 3. The van der Waals surface area contributed by atoms with Crippen LogP contribution in [-0.2, 0) is 25.7 Å². The van der Waals surface area contributed by atoms with Crippen LogP contribution in [0.1, 0.15) is 22.5 Å². The number of carbonyl (C=O) groups is 4. The second-order valence-electron chi connectivity index (χ2n) is 9.47. The molecule has 3 atom stereocenters. The summed E-state index contributed by atoms with van der Waals surface area (Å²) in [6, 6.07) is 9.76. The molecule has 0 radical (unpaired) electrons. The number of fused-ring (bicyclic) bond motifs is 1. The Bertz CT molecular complexity index is 1260. The Kier molecular flexibility index (Phi) is 15.0. The van der Waals surface area contributed by atoms with Crippen molar-refractivity contribution in [1.29, 1.82) is 0 Å². The van der Waals surface area contributed by atoms with Gasteiger partial charge in [-0.05, 0) is 36.2 Å². The molecule has 1 amide bonds. The fourth-order valence-corrected chi connectivity index (χ4v) is 4.29. The van der Waals surface area contributed by atoms with Crippen LogP contribution in [0.3, 0.4) is 0 Å². The molecule has 21 heteroatoms. The van der Waals surface area contributed by atoms with Crippen molar-refractivity contribution in [2.24, 2.45) is 5.92 Å². The zero-order chi connectivity index (χ0) is 36.2. The number of alkyl halides is 9. The number of carbonyl (C=O) groups excluding carboxylic acids is 1. The van der Waals surface area contributed by atoms with E-state index < -0.39 is 36.4 Å². The number of amides is 1. The highest BCUT2D eigenvalue weighted by atomic mass is 19.4. The molecule has 0 unspecified atom stereocenters. The van der Waals surface area contributed by atoms with Crippen molar-refractivity contribution in [3.05, 3.63) is 60.2 Å². The summed E-state index contributed by atoms with van der Waals surface area (Å²) in [5.74, 6) is -7.91. The van der Waals surface area contributed by atoms with Gasteiger partial charge in [0.05, 0.1) is 12.1 Å². The van der Waals surface area contributed by atoms with E-state index in [4.69, 9.17) is 34.4 Å². The smallest absolute Gasteiger partial charge is 0.475 e. The summed E-state index contributed by atoms with van der Waals surface area (Å²) in [6.07, 6.45) is -8.84. The van der Waals surface area contributed by atoms with Crippen molar-refractivity contribution in [2.75, 3.05) is 26.7 Å². The predicted molar refractivity (Wildman–Crippen MR) is 139 cm³/mol. The van der Waals surface area contributed by atoms with Crippen LogP contribution in [0.5, 0.6) is 0 Å². The molecular weight excluding hydrogens is 667 g/mol. The summed E-state index contributed by atoms with van der Waals surface area (Å²) in [6.45, 7) is 3.40. The first-order valence-corrected chi connectivity index (χ1v) is 12.9. The molecule has 2 saturated heterocycles. The quantitative estimate of drug-likeness (QED) is 0.399. The first-order chi connectivity index (χ1) is 21.6. The van der Waals surface area contributed by atoms with Gasteiger partial charge in [-0.15, -0.1) is 0 Å². The maximum atomic E-state index is 13.0. The maximum Gasteiger partial charge on any atom is 0.490 e. The van der Waals surface area contributed by atoms with E-state index in [0.717, 1.165) is 32.6 Å². The second-order valence-corrected chi connectivity index (χ2v) is 9.47. The van der Waals surface area contributed by atoms with E-state index in [1.54, 1.807) is 19.4 Å². The monoisotopic (exact) mass is 694 g/mol. The van der Waals surface area contributed by atoms with Crippen LogP contribution in [0, 0.1) is 5.92 Å². The first kappa shape index (κ1) is 40.5. The highest BCUT2D eigenvalue weighted by molar-refractivity contribution is 5.92. The predicted octanol–water partition coefficient (Wildman–Crippen LogP) is 3.74. The highest BCUT2D eigenvalue weighted by Gasteiger charge is 2.46. The van der Waals surface area contributed by atoms with Gasteiger partial charge in [-0.25, -0.2) is 14.4 Å². The van der Waals surface area contributed by atoms with Gasteiger partial charge in [0.1, 0.15) is 5.69 Å². The fraction of sp³-hybridized carbons (Fsp3) is 0.462. The zero-order valence-corrected chi connectivity index (χ0v) is 24.0. The van der Waals surface area contributed by atoms with Gasteiger partial charge in [0.2, 0.25) is 0 Å². The van der Waals surface area contributed by atoms with Crippen LogP contribution in [0.2, 0.25) is 0 Å². The average Bonchev–Trinajstić information content (AvgIpc) is 3.40. The minimum absolute atomic E-state index is 0.0286. The van der Waals surface area contributed by atoms with Gasteiger partial charge in [0, 0.05) is 57.8 Å². The van der Waals surface area contributed by atoms with Crippen LogP contribution in [-0.4, -0.2) is 116 Å². The van der Waals surface area contributed by atoms with Crippen LogP contribution in [0.25, 0.3) is 0 Å². The first-order valence-electron chi connectivity index (χ1n) is 12.9. The van der Waals surface area contributed by atoms with E-state index in [2.05, 4.69) is 14.9 Å². The van der Waals surface area contributed by atoms with Crippen molar-refractivity contribution >= 4 is 23.8 Å². The standard InChI is InChI=1S/C20H24N4O2.3C2HF3O2/c1-26-19-7-11-24(20(25)17-4-2-3-8-22-17)18-14-23(13-16(18)19)12-15-5-9-21-10-6-15;3*3-2(4,5)1(6)7/h2-6,8-10,16,18-19H,7,11-14H2,1H3;3*(H,6,7)/t16-,18+,19+;;;/m0.../s1. The average molecular weight is 695 g/mol. The molecule has 2 aliphatic rings. The van der Waals surface area contributed by atoms with E-state index in [1.807, 2.05) is 41.6 Å². The summed E-state index contributed by atoms with van der Waals surface area (Å²) >= 11 is 0. The lowest BCUT2D eigenvalue weighted by molar-refractivity contribution is -0.193. The number of rotatable bonds is 4. The van der Waals surface area contributed by atoms with Gasteiger partial charge in [0.15, 0.2) is 0 Å². The third-order valence-electron chi connectivity index (χ3n) is 6.27. The highest BCUT2D eigenvalue weighted by Crippen LogP contribution is 2.34. The number of halogens is 9. The molecule has 2 fully saturated rings. The number of aromatic nitrogens is 2. The fourth-order valence-electron chi connectivity index (χ4n) is 4.29. The van der Waals surface area contributed by atoms with Crippen molar-refractivity contribution in [3.8, 4) is 0 Å².